The molecule has 2 fully saturated rings. The molecule has 0 aromatic heterocycles. The Morgan fingerprint density at radius 3 is 2.41 bits per heavy atom. The van der Waals surface area contributed by atoms with Crippen molar-refractivity contribution >= 4 is 17.3 Å². The Labute approximate surface area is 181 Å². The number of hydrogen-bond acceptors (Lipinski definition) is 4. The van der Waals surface area contributed by atoms with Gasteiger partial charge in [0.15, 0.2) is 0 Å². The molecular formula is C24H35ClN4. The fourth-order valence-electron chi connectivity index (χ4n) is 4.94. The Hall–Kier alpha value is -1.49. The van der Waals surface area contributed by atoms with Gasteiger partial charge >= 0.3 is 0 Å². The molecule has 0 radical (unpaired) electrons. The molecule has 1 aromatic rings. The van der Waals surface area contributed by atoms with E-state index >= 15 is 0 Å². The van der Waals surface area contributed by atoms with Crippen LogP contribution in [0.3, 0.4) is 0 Å². The van der Waals surface area contributed by atoms with Crippen LogP contribution >= 0.6 is 11.6 Å². The van der Waals surface area contributed by atoms with Crippen LogP contribution in [0.25, 0.3) is 0 Å². The predicted octanol–water partition coefficient (Wildman–Crippen LogP) is 4.44. The van der Waals surface area contributed by atoms with Crippen LogP contribution in [0.5, 0.6) is 0 Å². The van der Waals surface area contributed by atoms with Crippen molar-refractivity contribution in [2.45, 2.75) is 45.2 Å². The van der Waals surface area contributed by atoms with Gasteiger partial charge in [-0.25, -0.2) is 0 Å². The summed E-state index contributed by atoms with van der Waals surface area (Å²) in [4.78, 5) is 10.4. The molecule has 3 aliphatic heterocycles. The first kappa shape index (κ1) is 20.8. The van der Waals surface area contributed by atoms with Crippen molar-refractivity contribution in [1.29, 1.82) is 0 Å². The highest BCUT2D eigenvalue weighted by atomic mass is 35.5. The number of rotatable bonds is 4. The fourth-order valence-corrected chi connectivity index (χ4v) is 5.06. The van der Waals surface area contributed by atoms with Crippen molar-refractivity contribution in [2.24, 2.45) is 0 Å². The van der Waals surface area contributed by atoms with Gasteiger partial charge < -0.3 is 14.7 Å². The molecule has 0 unspecified atom stereocenters. The van der Waals surface area contributed by atoms with Gasteiger partial charge in [0.05, 0.1) is 0 Å². The number of piperidine rings is 1. The quantitative estimate of drug-likeness (QED) is 0.722. The average Bonchev–Trinajstić information content (AvgIpc) is 3.01. The normalized spacial score (nSPS) is 22.8. The van der Waals surface area contributed by atoms with E-state index in [1.807, 2.05) is 12.1 Å². The molecule has 4 rings (SSSR count). The van der Waals surface area contributed by atoms with Crippen molar-refractivity contribution in [3.8, 4) is 0 Å². The van der Waals surface area contributed by atoms with Gasteiger partial charge in [-0.15, -0.1) is 0 Å². The molecule has 158 valence electrons. The lowest BCUT2D eigenvalue weighted by molar-refractivity contribution is 0.0947. The molecule has 0 N–H and O–H groups in total. The molecule has 29 heavy (non-hydrogen) atoms. The van der Waals surface area contributed by atoms with E-state index < -0.39 is 0 Å². The molecule has 4 nitrogen and oxygen atoms in total. The number of allylic oxidation sites excluding steroid dienone is 2. The Balaban J connectivity index is 1.39. The lowest BCUT2D eigenvalue weighted by Crippen LogP contribution is -2.48. The van der Waals surface area contributed by atoms with E-state index in [0.717, 1.165) is 30.7 Å². The minimum absolute atomic E-state index is 0.681. The van der Waals surface area contributed by atoms with Gasteiger partial charge in [0.1, 0.15) is 5.82 Å². The van der Waals surface area contributed by atoms with Crippen LogP contribution < -0.4 is 4.90 Å². The highest BCUT2D eigenvalue weighted by Gasteiger charge is 2.28. The van der Waals surface area contributed by atoms with Crippen molar-refractivity contribution in [3.63, 3.8) is 0 Å². The summed E-state index contributed by atoms with van der Waals surface area (Å²) in [6.45, 7) is 12.7. The van der Waals surface area contributed by atoms with Crippen molar-refractivity contribution in [3.05, 3.63) is 53.3 Å². The maximum absolute atomic E-state index is 6.11. The third kappa shape index (κ3) is 4.99. The first-order valence-corrected chi connectivity index (χ1v) is 11.6. The van der Waals surface area contributed by atoms with Gasteiger partial charge in [0.25, 0.3) is 0 Å². The summed E-state index contributed by atoms with van der Waals surface area (Å²) in [7, 11) is 0. The molecule has 0 bridgehead atoms. The summed E-state index contributed by atoms with van der Waals surface area (Å²) in [5.74, 6) is 1.33. The Morgan fingerprint density at radius 1 is 0.931 bits per heavy atom. The minimum atomic E-state index is 0.681. The molecule has 0 atom stereocenters. The summed E-state index contributed by atoms with van der Waals surface area (Å²) >= 11 is 6.11. The van der Waals surface area contributed by atoms with E-state index in [9.17, 15) is 0 Å². The molecule has 0 spiro atoms. The van der Waals surface area contributed by atoms with E-state index in [-0.39, 0.29) is 0 Å². The van der Waals surface area contributed by atoms with Crippen molar-refractivity contribution in [1.82, 2.24) is 14.7 Å². The molecule has 5 heteroatoms. The molecule has 3 heterocycles. The molecule has 0 saturated carbocycles. The average molecular weight is 415 g/mol. The molecule has 0 aliphatic carbocycles. The number of anilines is 1. The Bertz CT molecular complexity index is 719. The highest BCUT2D eigenvalue weighted by Crippen LogP contribution is 2.27. The molecule has 3 aliphatic rings. The van der Waals surface area contributed by atoms with Crippen molar-refractivity contribution in [2.75, 3.05) is 50.7 Å². The van der Waals surface area contributed by atoms with Gasteiger partial charge in [0, 0.05) is 55.5 Å². The summed E-state index contributed by atoms with van der Waals surface area (Å²) in [6.07, 6.45) is 10.6. The lowest BCUT2D eigenvalue weighted by Gasteiger charge is -2.40. The van der Waals surface area contributed by atoms with Crippen LogP contribution in [0.4, 0.5) is 5.69 Å². The van der Waals surface area contributed by atoms with Crippen LogP contribution in [0.15, 0.2) is 48.3 Å². The molecule has 2 saturated heterocycles. The maximum atomic E-state index is 6.11. The third-order valence-electron chi connectivity index (χ3n) is 6.68. The maximum Gasteiger partial charge on any atom is 0.109 e. The predicted molar refractivity (Wildman–Crippen MR) is 124 cm³/mol. The van der Waals surface area contributed by atoms with Gasteiger partial charge in [-0.1, -0.05) is 23.8 Å². The molecule has 1 aromatic carbocycles. The van der Waals surface area contributed by atoms with Crippen LogP contribution in [-0.2, 0) is 0 Å². The Morgan fingerprint density at radius 2 is 1.69 bits per heavy atom. The zero-order chi connectivity index (χ0) is 20.2. The summed E-state index contributed by atoms with van der Waals surface area (Å²) in [5.41, 5.74) is 1.21. The number of hydrogen-bond donors (Lipinski definition) is 0. The van der Waals surface area contributed by atoms with E-state index in [1.54, 1.807) is 0 Å². The smallest absolute Gasteiger partial charge is 0.109 e. The van der Waals surface area contributed by atoms with Gasteiger partial charge in [-0.05, 0) is 76.5 Å². The SMILES string of the molecule is CC(C)N1CCC(N2CCCN(C3=CC=CCN3c3ccc(Cl)cc3)CC2)CC1. The lowest BCUT2D eigenvalue weighted by atomic mass is 10.0. The zero-order valence-electron chi connectivity index (χ0n) is 17.9. The minimum Gasteiger partial charge on any atom is -0.357 e. The van der Waals surface area contributed by atoms with Crippen LogP contribution in [0, 0.1) is 0 Å². The largest absolute Gasteiger partial charge is 0.357 e. The molecule has 0 amide bonds. The highest BCUT2D eigenvalue weighted by molar-refractivity contribution is 6.30. The standard InChI is InChI=1S/C24H35ClN4/c1-20(2)26-16-11-22(12-17-26)27-13-5-14-28(19-18-27)24-6-3-4-15-29(24)23-9-7-21(25)8-10-23/h3-4,6-10,20,22H,5,11-19H2,1-2H3. The number of nitrogens with zero attached hydrogens (tertiary/aromatic N) is 4. The summed E-state index contributed by atoms with van der Waals surface area (Å²) in [6, 6.07) is 9.67. The van der Waals surface area contributed by atoms with E-state index in [0.29, 0.717) is 6.04 Å². The van der Waals surface area contributed by atoms with Crippen LogP contribution in [0.2, 0.25) is 5.02 Å². The van der Waals surface area contributed by atoms with Crippen molar-refractivity contribution < 1.29 is 0 Å². The Kier molecular flexibility index (Phi) is 6.84. The first-order chi connectivity index (χ1) is 14.1. The number of benzene rings is 1. The molecular weight excluding hydrogens is 380 g/mol. The van der Waals surface area contributed by atoms with E-state index in [4.69, 9.17) is 11.6 Å². The van der Waals surface area contributed by atoms with Crippen LogP contribution in [0.1, 0.15) is 33.1 Å². The second kappa shape index (κ2) is 9.55. The second-order valence-corrected chi connectivity index (χ2v) is 9.21. The van der Waals surface area contributed by atoms with E-state index in [1.165, 1.54) is 56.9 Å². The van der Waals surface area contributed by atoms with E-state index in [2.05, 4.69) is 63.8 Å². The number of likely N-dealkylation sites (tertiary alicyclic amines) is 1. The zero-order valence-corrected chi connectivity index (χ0v) is 18.7. The topological polar surface area (TPSA) is 13.0 Å². The van der Waals surface area contributed by atoms with Crippen LogP contribution in [-0.4, -0.2) is 72.6 Å². The monoisotopic (exact) mass is 414 g/mol. The third-order valence-corrected chi connectivity index (χ3v) is 6.94. The fraction of sp³-hybridized carbons (Fsp3) is 0.583. The number of halogens is 1. The summed E-state index contributed by atoms with van der Waals surface area (Å²) in [5, 5.41) is 0.792. The first-order valence-electron chi connectivity index (χ1n) is 11.2. The summed E-state index contributed by atoms with van der Waals surface area (Å²) < 4.78 is 0. The second-order valence-electron chi connectivity index (χ2n) is 8.78. The van der Waals surface area contributed by atoms with Gasteiger partial charge in [-0.2, -0.15) is 0 Å². The van der Waals surface area contributed by atoms with Gasteiger partial charge in [0.2, 0.25) is 0 Å². The van der Waals surface area contributed by atoms with Gasteiger partial charge in [-0.3, -0.25) is 4.90 Å².